The zero-order chi connectivity index (χ0) is 9.97. The minimum absolute atomic E-state index is 0.400. The molecule has 1 saturated carbocycles. The highest BCUT2D eigenvalue weighted by Gasteiger charge is 2.25. The molecule has 1 aromatic rings. The molecule has 2 nitrogen and oxygen atoms in total. The summed E-state index contributed by atoms with van der Waals surface area (Å²) in [6.07, 6.45) is 4.22. The zero-order valence-electron chi connectivity index (χ0n) is 8.86. The van der Waals surface area contributed by atoms with Crippen LogP contribution in [0.5, 0.6) is 0 Å². The molecule has 0 saturated heterocycles. The van der Waals surface area contributed by atoms with E-state index in [-0.39, 0.29) is 0 Å². The summed E-state index contributed by atoms with van der Waals surface area (Å²) in [6.45, 7) is 4.50. The zero-order valence-corrected chi connectivity index (χ0v) is 9.68. The highest BCUT2D eigenvalue weighted by atomic mass is 32.1. The van der Waals surface area contributed by atoms with Crippen LogP contribution in [0.1, 0.15) is 44.8 Å². The minimum Gasteiger partial charge on any atom is -0.306 e. The van der Waals surface area contributed by atoms with Gasteiger partial charge in [0.05, 0.1) is 11.2 Å². The molecule has 0 spiro atoms. The lowest BCUT2D eigenvalue weighted by Crippen LogP contribution is -2.38. The SMILES string of the molecule is CC(NC(C)C1CCC1)c1cscn1. The van der Waals surface area contributed by atoms with Crippen LogP contribution >= 0.6 is 11.3 Å². The third-order valence-electron chi connectivity index (χ3n) is 3.26. The van der Waals surface area contributed by atoms with Crippen molar-refractivity contribution < 1.29 is 0 Å². The lowest BCUT2D eigenvalue weighted by molar-refractivity contribution is 0.229. The number of nitrogens with one attached hydrogen (secondary N) is 1. The van der Waals surface area contributed by atoms with Gasteiger partial charge in [-0.1, -0.05) is 6.42 Å². The Bertz CT molecular complexity index is 267. The third kappa shape index (κ3) is 2.15. The Hall–Kier alpha value is -0.410. The van der Waals surface area contributed by atoms with Crippen LogP contribution in [0, 0.1) is 5.92 Å². The fourth-order valence-corrected chi connectivity index (χ4v) is 2.64. The van der Waals surface area contributed by atoms with Crippen molar-refractivity contribution in [1.82, 2.24) is 10.3 Å². The van der Waals surface area contributed by atoms with E-state index in [0.29, 0.717) is 12.1 Å². The number of nitrogens with zero attached hydrogens (tertiary/aromatic N) is 1. The minimum atomic E-state index is 0.400. The predicted octanol–water partition coefficient (Wildman–Crippen LogP) is 2.98. The molecule has 1 heterocycles. The van der Waals surface area contributed by atoms with E-state index < -0.39 is 0 Å². The Morgan fingerprint density at radius 1 is 1.50 bits per heavy atom. The first-order valence-electron chi connectivity index (χ1n) is 5.41. The maximum atomic E-state index is 4.33. The van der Waals surface area contributed by atoms with Crippen molar-refractivity contribution in [3.05, 3.63) is 16.6 Å². The van der Waals surface area contributed by atoms with Crippen LogP contribution in [-0.4, -0.2) is 11.0 Å². The van der Waals surface area contributed by atoms with E-state index in [1.807, 2.05) is 5.51 Å². The van der Waals surface area contributed by atoms with Crippen molar-refractivity contribution in [2.75, 3.05) is 0 Å². The van der Waals surface area contributed by atoms with Crippen molar-refractivity contribution in [2.24, 2.45) is 5.92 Å². The molecular weight excluding hydrogens is 192 g/mol. The third-order valence-corrected chi connectivity index (χ3v) is 3.87. The van der Waals surface area contributed by atoms with Crippen LogP contribution in [0.2, 0.25) is 0 Å². The van der Waals surface area contributed by atoms with Crippen molar-refractivity contribution in [2.45, 2.75) is 45.2 Å². The molecule has 2 rings (SSSR count). The number of hydrogen-bond donors (Lipinski definition) is 1. The van der Waals surface area contributed by atoms with Crippen LogP contribution in [0.25, 0.3) is 0 Å². The average molecular weight is 210 g/mol. The van der Waals surface area contributed by atoms with E-state index in [1.165, 1.54) is 25.0 Å². The van der Waals surface area contributed by atoms with Crippen molar-refractivity contribution in [3.63, 3.8) is 0 Å². The summed E-state index contributed by atoms with van der Waals surface area (Å²) < 4.78 is 0. The van der Waals surface area contributed by atoms with Crippen molar-refractivity contribution in [1.29, 1.82) is 0 Å². The second-order valence-corrected chi connectivity index (χ2v) is 5.00. The fourth-order valence-electron chi connectivity index (χ4n) is 1.99. The number of thiazole rings is 1. The van der Waals surface area contributed by atoms with E-state index >= 15 is 0 Å². The van der Waals surface area contributed by atoms with Crippen LogP contribution < -0.4 is 5.32 Å². The number of rotatable bonds is 4. The Kier molecular flexibility index (Phi) is 3.19. The van der Waals surface area contributed by atoms with Crippen LogP contribution in [-0.2, 0) is 0 Å². The summed E-state index contributed by atoms with van der Waals surface area (Å²) in [5.41, 5.74) is 3.09. The molecular formula is C11H18N2S. The van der Waals surface area contributed by atoms with Gasteiger partial charge >= 0.3 is 0 Å². The first-order valence-corrected chi connectivity index (χ1v) is 6.36. The topological polar surface area (TPSA) is 24.9 Å². The molecule has 0 bridgehead atoms. The van der Waals surface area contributed by atoms with Gasteiger partial charge in [-0.05, 0) is 32.6 Å². The normalized spacial score (nSPS) is 21.6. The highest BCUT2D eigenvalue weighted by Crippen LogP contribution is 2.30. The lowest BCUT2D eigenvalue weighted by Gasteiger charge is -2.33. The molecule has 1 aliphatic carbocycles. The average Bonchev–Trinajstić information content (AvgIpc) is 2.51. The molecule has 1 aromatic heterocycles. The van der Waals surface area contributed by atoms with Crippen LogP contribution in [0.3, 0.4) is 0 Å². The van der Waals surface area contributed by atoms with Gasteiger partial charge in [0.1, 0.15) is 0 Å². The molecule has 1 aliphatic rings. The van der Waals surface area contributed by atoms with Gasteiger partial charge < -0.3 is 5.32 Å². The van der Waals surface area contributed by atoms with E-state index in [1.54, 1.807) is 11.3 Å². The van der Waals surface area contributed by atoms with Gasteiger partial charge in [-0.2, -0.15) is 0 Å². The molecule has 2 unspecified atom stereocenters. The van der Waals surface area contributed by atoms with E-state index in [0.717, 1.165) is 5.92 Å². The summed E-state index contributed by atoms with van der Waals surface area (Å²) >= 11 is 1.67. The molecule has 0 aliphatic heterocycles. The van der Waals surface area contributed by atoms with E-state index in [2.05, 4.69) is 29.5 Å². The Morgan fingerprint density at radius 3 is 2.79 bits per heavy atom. The highest BCUT2D eigenvalue weighted by molar-refractivity contribution is 7.07. The molecule has 1 fully saturated rings. The molecule has 0 radical (unpaired) electrons. The molecule has 78 valence electrons. The summed E-state index contributed by atoms with van der Waals surface area (Å²) in [7, 11) is 0. The number of hydrogen-bond acceptors (Lipinski definition) is 3. The Morgan fingerprint density at radius 2 is 2.29 bits per heavy atom. The van der Waals surface area contributed by atoms with Crippen LogP contribution in [0.4, 0.5) is 0 Å². The summed E-state index contributed by atoms with van der Waals surface area (Å²) in [4.78, 5) is 4.33. The van der Waals surface area contributed by atoms with E-state index in [4.69, 9.17) is 0 Å². The largest absolute Gasteiger partial charge is 0.306 e. The fraction of sp³-hybridized carbons (Fsp3) is 0.727. The molecule has 1 N–H and O–H groups in total. The molecule has 0 aromatic carbocycles. The van der Waals surface area contributed by atoms with Gasteiger partial charge in [-0.3, -0.25) is 0 Å². The quantitative estimate of drug-likeness (QED) is 0.826. The second-order valence-electron chi connectivity index (χ2n) is 4.28. The first kappa shape index (κ1) is 10.1. The van der Waals surface area contributed by atoms with E-state index in [9.17, 15) is 0 Å². The maximum Gasteiger partial charge on any atom is 0.0795 e. The standard InChI is InChI=1S/C11H18N2S/c1-8(10-4-3-5-10)13-9(2)11-6-14-7-12-11/h6-10,13H,3-5H2,1-2H3. The monoisotopic (exact) mass is 210 g/mol. The van der Waals surface area contributed by atoms with Crippen LogP contribution in [0.15, 0.2) is 10.9 Å². The Balaban J connectivity index is 1.84. The van der Waals surface area contributed by atoms with Gasteiger partial charge in [0.15, 0.2) is 0 Å². The van der Waals surface area contributed by atoms with Gasteiger partial charge in [0.2, 0.25) is 0 Å². The van der Waals surface area contributed by atoms with Gasteiger partial charge in [-0.25, -0.2) is 4.98 Å². The van der Waals surface area contributed by atoms with Crippen molar-refractivity contribution >= 4 is 11.3 Å². The molecule has 14 heavy (non-hydrogen) atoms. The molecule has 2 atom stereocenters. The maximum absolute atomic E-state index is 4.33. The Labute approximate surface area is 89.8 Å². The van der Waals surface area contributed by atoms with Gasteiger partial charge in [0, 0.05) is 17.5 Å². The molecule has 3 heteroatoms. The van der Waals surface area contributed by atoms with Crippen molar-refractivity contribution in [3.8, 4) is 0 Å². The smallest absolute Gasteiger partial charge is 0.0795 e. The summed E-state index contributed by atoms with van der Waals surface area (Å²) in [6, 6.07) is 1.04. The van der Waals surface area contributed by atoms with Gasteiger partial charge in [-0.15, -0.1) is 11.3 Å². The molecule has 0 amide bonds. The summed E-state index contributed by atoms with van der Waals surface area (Å²) in [5.74, 6) is 0.899. The lowest BCUT2D eigenvalue weighted by atomic mass is 9.80. The summed E-state index contributed by atoms with van der Waals surface area (Å²) in [5, 5.41) is 5.76. The number of aromatic nitrogens is 1. The van der Waals surface area contributed by atoms with Gasteiger partial charge in [0.25, 0.3) is 0 Å². The second kappa shape index (κ2) is 4.41. The first-order chi connectivity index (χ1) is 6.77. The predicted molar refractivity (Wildman–Crippen MR) is 60.5 cm³/mol.